The summed E-state index contributed by atoms with van der Waals surface area (Å²) in [5, 5.41) is 9.21. The van der Waals surface area contributed by atoms with Gasteiger partial charge in [-0.05, 0) is 18.8 Å². The number of allylic oxidation sites excluding steroid dienone is 1. The van der Waals surface area contributed by atoms with E-state index < -0.39 is 0 Å². The topological polar surface area (TPSA) is 20.2 Å². The van der Waals surface area contributed by atoms with Crippen LogP contribution >= 0.6 is 0 Å². The van der Waals surface area contributed by atoms with Gasteiger partial charge in [0.1, 0.15) is 0 Å². The second-order valence-electron chi connectivity index (χ2n) is 2.48. The third kappa shape index (κ3) is 7.60. The summed E-state index contributed by atoms with van der Waals surface area (Å²) in [5.74, 6) is 0.368. The SMILES string of the molecule is C=CCC(C)C(O)CC.CC. The van der Waals surface area contributed by atoms with Crippen molar-refractivity contribution in [3.8, 4) is 0 Å². The molecule has 0 radical (unpaired) electrons. The molecule has 0 aromatic heterocycles. The van der Waals surface area contributed by atoms with Gasteiger partial charge < -0.3 is 5.11 Å². The zero-order valence-electron chi connectivity index (χ0n) is 8.30. The molecular weight excluding hydrogens is 136 g/mol. The van der Waals surface area contributed by atoms with Gasteiger partial charge >= 0.3 is 0 Å². The summed E-state index contributed by atoms with van der Waals surface area (Å²) in [5.41, 5.74) is 0. The van der Waals surface area contributed by atoms with Crippen LogP contribution in [0.15, 0.2) is 12.7 Å². The summed E-state index contributed by atoms with van der Waals surface area (Å²) in [6.07, 6.45) is 3.45. The molecule has 0 amide bonds. The molecule has 68 valence electrons. The van der Waals surface area contributed by atoms with Gasteiger partial charge in [-0.2, -0.15) is 0 Å². The molecule has 0 fully saturated rings. The van der Waals surface area contributed by atoms with E-state index in [1.807, 2.05) is 33.8 Å². The maximum absolute atomic E-state index is 9.21. The smallest absolute Gasteiger partial charge is 0.0566 e. The largest absolute Gasteiger partial charge is 0.393 e. The van der Waals surface area contributed by atoms with Crippen molar-refractivity contribution in [3.05, 3.63) is 12.7 Å². The van der Waals surface area contributed by atoms with Crippen molar-refractivity contribution in [1.82, 2.24) is 0 Å². The molecule has 0 bridgehead atoms. The first-order chi connectivity index (χ1) is 5.22. The Morgan fingerprint density at radius 1 is 1.45 bits per heavy atom. The fourth-order valence-electron chi connectivity index (χ4n) is 0.822. The average molecular weight is 158 g/mol. The Kier molecular flexibility index (Phi) is 11.7. The highest BCUT2D eigenvalue weighted by molar-refractivity contribution is 4.74. The minimum Gasteiger partial charge on any atom is -0.393 e. The van der Waals surface area contributed by atoms with E-state index in [0.717, 1.165) is 12.8 Å². The maximum atomic E-state index is 9.21. The quantitative estimate of drug-likeness (QED) is 0.624. The zero-order chi connectivity index (χ0) is 9.28. The van der Waals surface area contributed by atoms with Crippen molar-refractivity contribution in [2.24, 2.45) is 5.92 Å². The van der Waals surface area contributed by atoms with Gasteiger partial charge in [-0.3, -0.25) is 0 Å². The van der Waals surface area contributed by atoms with Gasteiger partial charge in [0, 0.05) is 0 Å². The van der Waals surface area contributed by atoms with E-state index in [1.165, 1.54) is 0 Å². The van der Waals surface area contributed by atoms with Crippen LogP contribution < -0.4 is 0 Å². The number of aliphatic hydroxyl groups excluding tert-OH is 1. The molecule has 0 aliphatic heterocycles. The molecule has 0 saturated heterocycles. The summed E-state index contributed by atoms with van der Waals surface area (Å²) >= 11 is 0. The predicted octanol–water partition coefficient (Wildman–Crippen LogP) is 3.00. The fraction of sp³-hybridized carbons (Fsp3) is 0.800. The molecule has 0 saturated carbocycles. The molecule has 0 aliphatic carbocycles. The van der Waals surface area contributed by atoms with E-state index in [2.05, 4.69) is 6.58 Å². The van der Waals surface area contributed by atoms with E-state index in [1.54, 1.807) is 0 Å². The van der Waals surface area contributed by atoms with Gasteiger partial charge in [0.2, 0.25) is 0 Å². The molecular formula is C10H22O. The normalized spacial score (nSPS) is 14.3. The Bertz CT molecular complexity index is 78.9. The Labute approximate surface area is 71.1 Å². The lowest BCUT2D eigenvalue weighted by atomic mass is 9.99. The standard InChI is InChI=1S/C8H16O.C2H6/c1-4-6-7(3)8(9)5-2;1-2/h4,7-9H,1,5-6H2,2-3H3;1-2H3. The first-order valence-corrected chi connectivity index (χ1v) is 4.51. The third-order valence-electron chi connectivity index (χ3n) is 1.61. The van der Waals surface area contributed by atoms with Gasteiger partial charge in [-0.15, -0.1) is 6.58 Å². The number of hydrogen-bond donors (Lipinski definition) is 1. The maximum Gasteiger partial charge on any atom is 0.0566 e. The molecule has 1 N–H and O–H groups in total. The van der Waals surface area contributed by atoms with Crippen LogP contribution in [-0.2, 0) is 0 Å². The van der Waals surface area contributed by atoms with Gasteiger partial charge in [0.05, 0.1) is 6.10 Å². The van der Waals surface area contributed by atoms with Crippen LogP contribution in [0.2, 0.25) is 0 Å². The lowest BCUT2D eigenvalue weighted by Crippen LogP contribution is -2.15. The van der Waals surface area contributed by atoms with E-state index in [9.17, 15) is 5.11 Å². The summed E-state index contributed by atoms with van der Waals surface area (Å²) in [6.45, 7) is 11.6. The Balaban J connectivity index is 0. The first-order valence-electron chi connectivity index (χ1n) is 4.51. The number of rotatable bonds is 4. The van der Waals surface area contributed by atoms with Gasteiger partial charge in [-0.1, -0.05) is 33.8 Å². The lowest BCUT2D eigenvalue weighted by Gasteiger charge is -2.14. The molecule has 1 heteroatoms. The van der Waals surface area contributed by atoms with Crippen LogP contribution in [0.5, 0.6) is 0 Å². The fourth-order valence-corrected chi connectivity index (χ4v) is 0.822. The molecule has 0 aromatic rings. The van der Waals surface area contributed by atoms with Crippen LogP contribution in [-0.4, -0.2) is 11.2 Å². The molecule has 2 unspecified atom stereocenters. The number of hydrogen-bond acceptors (Lipinski definition) is 1. The van der Waals surface area contributed by atoms with Crippen molar-refractivity contribution < 1.29 is 5.11 Å². The van der Waals surface area contributed by atoms with E-state index in [-0.39, 0.29) is 6.10 Å². The molecule has 1 nitrogen and oxygen atoms in total. The molecule has 0 heterocycles. The van der Waals surface area contributed by atoms with Crippen molar-refractivity contribution in [2.45, 2.75) is 46.6 Å². The van der Waals surface area contributed by atoms with Crippen molar-refractivity contribution >= 4 is 0 Å². The molecule has 0 aliphatic rings. The first kappa shape index (κ1) is 13.3. The van der Waals surface area contributed by atoms with E-state index >= 15 is 0 Å². The van der Waals surface area contributed by atoms with Crippen molar-refractivity contribution in [2.75, 3.05) is 0 Å². The summed E-state index contributed by atoms with van der Waals surface area (Å²) in [6, 6.07) is 0. The predicted molar refractivity (Wildman–Crippen MR) is 51.6 cm³/mol. The summed E-state index contributed by atoms with van der Waals surface area (Å²) < 4.78 is 0. The molecule has 0 rings (SSSR count). The van der Waals surface area contributed by atoms with Crippen LogP contribution in [0.25, 0.3) is 0 Å². The van der Waals surface area contributed by atoms with E-state index in [0.29, 0.717) is 5.92 Å². The highest BCUT2D eigenvalue weighted by atomic mass is 16.3. The minimum atomic E-state index is -0.150. The van der Waals surface area contributed by atoms with Crippen LogP contribution in [0, 0.1) is 5.92 Å². The Morgan fingerprint density at radius 3 is 2.18 bits per heavy atom. The third-order valence-corrected chi connectivity index (χ3v) is 1.61. The average Bonchev–Trinajstić information content (AvgIpc) is 2.07. The lowest BCUT2D eigenvalue weighted by molar-refractivity contribution is 0.114. The highest BCUT2D eigenvalue weighted by Crippen LogP contribution is 2.10. The molecule has 0 aromatic carbocycles. The number of aliphatic hydroxyl groups is 1. The Hall–Kier alpha value is -0.300. The molecule has 0 spiro atoms. The van der Waals surface area contributed by atoms with Crippen molar-refractivity contribution in [1.29, 1.82) is 0 Å². The van der Waals surface area contributed by atoms with Crippen LogP contribution in [0.4, 0.5) is 0 Å². The van der Waals surface area contributed by atoms with E-state index in [4.69, 9.17) is 0 Å². The zero-order valence-corrected chi connectivity index (χ0v) is 8.30. The molecule has 11 heavy (non-hydrogen) atoms. The second kappa shape index (κ2) is 9.70. The van der Waals surface area contributed by atoms with Gasteiger partial charge in [0.25, 0.3) is 0 Å². The highest BCUT2D eigenvalue weighted by Gasteiger charge is 2.08. The summed E-state index contributed by atoms with van der Waals surface area (Å²) in [7, 11) is 0. The summed E-state index contributed by atoms with van der Waals surface area (Å²) in [4.78, 5) is 0. The van der Waals surface area contributed by atoms with Crippen molar-refractivity contribution in [3.63, 3.8) is 0 Å². The Morgan fingerprint density at radius 2 is 1.91 bits per heavy atom. The van der Waals surface area contributed by atoms with Crippen LogP contribution in [0.3, 0.4) is 0 Å². The monoisotopic (exact) mass is 158 g/mol. The minimum absolute atomic E-state index is 0.150. The van der Waals surface area contributed by atoms with Gasteiger partial charge in [-0.25, -0.2) is 0 Å². The van der Waals surface area contributed by atoms with Crippen LogP contribution in [0.1, 0.15) is 40.5 Å². The second-order valence-corrected chi connectivity index (χ2v) is 2.48. The molecule has 2 atom stereocenters. The van der Waals surface area contributed by atoms with Gasteiger partial charge in [0.15, 0.2) is 0 Å².